The van der Waals surface area contributed by atoms with E-state index in [1.54, 1.807) is 42.5 Å². The van der Waals surface area contributed by atoms with Gasteiger partial charge in [0.1, 0.15) is 12.3 Å². The lowest BCUT2D eigenvalue weighted by Gasteiger charge is -2.14. The van der Waals surface area contributed by atoms with Gasteiger partial charge >= 0.3 is 0 Å². The quantitative estimate of drug-likeness (QED) is 0.401. The average Bonchev–Trinajstić information content (AvgIpc) is 3.06. The molecule has 8 nitrogen and oxygen atoms in total. The first-order valence-corrected chi connectivity index (χ1v) is 12.3. The summed E-state index contributed by atoms with van der Waals surface area (Å²) in [5.41, 5.74) is 1.11. The Kier molecular flexibility index (Phi) is 9.00. The Balaban J connectivity index is 1.77. The van der Waals surface area contributed by atoms with Crippen LogP contribution in [0.15, 0.2) is 45.8 Å². The van der Waals surface area contributed by atoms with Gasteiger partial charge in [-0.3, -0.25) is 19.3 Å². The zero-order chi connectivity index (χ0) is 24.7. The number of amides is 3. The molecular formula is C24H25BrN2O6S. The van der Waals surface area contributed by atoms with Crippen molar-refractivity contribution in [1.82, 2.24) is 4.90 Å². The van der Waals surface area contributed by atoms with Gasteiger partial charge in [-0.1, -0.05) is 19.1 Å². The number of halogens is 1. The van der Waals surface area contributed by atoms with E-state index in [2.05, 4.69) is 21.2 Å². The lowest BCUT2D eigenvalue weighted by atomic mass is 10.2. The predicted octanol–water partition coefficient (Wildman–Crippen LogP) is 5.32. The van der Waals surface area contributed by atoms with Gasteiger partial charge in [-0.05, 0) is 76.9 Å². The van der Waals surface area contributed by atoms with Gasteiger partial charge in [0, 0.05) is 0 Å². The normalized spacial score (nSPS) is 14.5. The van der Waals surface area contributed by atoms with Crippen molar-refractivity contribution >= 4 is 56.5 Å². The smallest absolute Gasteiger partial charge is 0.294 e. The summed E-state index contributed by atoms with van der Waals surface area (Å²) in [5.74, 6) is 0.554. The molecule has 1 aliphatic heterocycles. The Morgan fingerprint density at radius 1 is 1.15 bits per heavy atom. The van der Waals surface area contributed by atoms with E-state index in [0.717, 1.165) is 23.1 Å². The highest BCUT2D eigenvalue weighted by Gasteiger charge is 2.36. The molecule has 0 atom stereocenters. The third-order valence-corrected chi connectivity index (χ3v) is 6.13. The van der Waals surface area contributed by atoms with Gasteiger partial charge < -0.3 is 19.5 Å². The molecule has 0 aromatic heterocycles. The van der Waals surface area contributed by atoms with Gasteiger partial charge in [0.05, 0.1) is 35.4 Å². The van der Waals surface area contributed by atoms with Gasteiger partial charge in [0.15, 0.2) is 11.5 Å². The van der Waals surface area contributed by atoms with Crippen LogP contribution < -0.4 is 19.5 Å². The van der Waals surface area contributed by atoms with E-state index in [4.69, 9.17) is 14.2 Å². The number of carbonyl (C=O) groups excluding carboxylic acids is 3. The minimum Gasteiger partial charge on any atom is -0.495 e. The van der Waals surface area contributed by atoms with Crippen molar-refractivity contribution in [1.29, 1.82) is 0 Å². The van der Waals surface area contributed by atoms with Crippen molar-refractivity contribution in [2.75, 3.05) is 32.2 Å². The van der Waals surface area contributed by atoms with Crippen LogP contribution in [0, 0.1) is 0 Å². The molecular weight excluding hydrogens is 524 g/mol. The zero-order valence-corrected chi connectivity index (χ0v) is 21.5. The number of anilines is 1. The van der Waals surface area contributed by atoms with Gasteiger partial charge in [-0.2, -0.15) is 0 Å². The van der Waals surface area contributed by atoms with Crippen molar-refractivity contribution in [3.8, 4) is 17.2 Å². The van der Waals surface area contributed by atoms with Gasteiger partial charge in [-0.25, -0.2) is 0 Å². The minimum atomic E-state index is -0.537. The van der Waals surface area contributed by atoms with Gasteiger partial charge in [0.25, 0.3) is 11.1 Å². The Labute approximate surface area is 210 Å². The minimum absolute atomic E-state index is 0.215. The Hall–Kier alpha value is -2.98. The molecule has 34 heavy (non-hydrogen) atoms. The molecule has 1 aliphatic rings. The van der Waals surface area contributed by atoms with Crippen LogP contribution in [0.4, 0.5) is 10.5 Å². The fourth-order valence-corrected chi connectivity index (χ4v) is 4.56. The number of methoxy groups -OCH3 is 1. The number of para-hydroxylation sites is 2. The van der Waals surface area contributed by atoms with Gasteiger partial charge in [0.2, 0.25) is 5.91 Å². The highest BCUT2D eigenvalue weighted by molar-refractivity contribution is 9.10. The summed E-state index contributed by atoms with van der Waals surface area (Å²) < 4.78 is 17.4. The van der Waals surface area contributed by atoms with Crippen LogP contribution in [0.25, 0.3) is 6.08 Å². The molecule has 2 aromatic carbocycles. The highest BCUT2D eigenvalue weighted by Crippen LogP contribution is 2.39. The molecule has 1 fully saturated rings. The van der Waals surface area contributed by atoms with Crippen LogP contribution in [0.2, 0.25) is 0 Å². The molecule has 10 heteroatoms. The Morgan fingerprint density at radius 3 is 2.62 bits per heavy atom. The molecule has 1 N–H and O–H groups in total. The first kappa shape index (κ1) is 25.6. The topological polar surface area (TPSA) is 94.2 Å². The standard InChI is InChI=1S/C24H25BrN2O6S/c1-4-10-33-22-16(25)11-15(12-19(22)32-5-2)13-20-23(29)27(24(30)34-20)14-21(28)26-17-8-6-7-9-18(17)31-3/h6-9,11-13H,4-5,10,14H2,1-3H3,(H,26,28)/b20-13-. The third kappa shape index (κ3) is 6.12. The molecule has 0 spiro atoms. The van der Waals surface area contributed by atoms with E-state index in [-0.39, 0.29) is 4.91 Å². The number of carbonyl (C=O) groups is 3. The summed E-state index contributed by atoms with van der Waals surface area (Å²) in [5, 5.41) is 2.16. The first-order chi connectivity index (χ1) is 16.4. The second kappa shape index (κ2) is 11.9. The zero-order valence-electron chi connectivity index (χ0n) is 19.1. The molecule has 3 rings (SSSR count). The number of benzene rings is 2. The van der Waals surface area contributed by atoms with E-state index >= 15 is 0 Å². The van der Waals surface area contributed by atoms with Crippen molar-refractivity contribution in [2.45, 2.75) is 20.3 Å². The maximum Gasteiger partial charge on any atom is 0.294 e. The van der Waals surface area contributed by atoms with E-state index in [1.165, 1.54) is 7.11 Å². The number of thioether (sulfide) groups is 1. The van der Waals surface area contributed by atoms with Crippen molar-refractivity contribution in [3.05, 3.63) is 51.3 Å². The van der Waals surface area contributed by atoms with E-state index in [0.29, 0.717) is 46.2 Å². The van der Waals surface area contributed by atoms with Crippen LogP contribution in [-0.2, 0) is 9.59 Å². The second-order valence-electron chi connectivity index (χ2n) is 7.13. The van der Waals surface area contributed by atoms with E-state index < -0.39 is 23.6 Å². The number of ether oxygens (including phenoxy) is 3. The van der Waals surface area contributed by atoms with Crippen molar-refractivity contribution < 1.29 is 28.6 Å². The maximum atomic E-state index is 12.9. The Bertz CT molecular complexity index is 1120. The molecule has 0 aliphatic carbocycles. The molecule has 1 saturated heterocycles. The van der Waals surface area contributed by atoms with Crippen LogP contribution in [0.5, 0.6) is 17.2 Å². The summed E-state index contributed by atoms with van der Waals surface area (Å²) in [6.45, 7) is 4.45. The van der Waals surface area contributed by atoms with Crippen LogP contribution >= 0.6 is 27.7 Å². The first-order valence-electron chi connectivity index (χ1n) is 10.6. The molecule has 0 bridgehead atoms. The lowest BCUT2D eigenvalue weighted by Crippen LogP contribution is -2.36. The summed E-state index contributed by atoms with van der Waals surface area (Å²) in [6, 6.07) is 10.4. The van der Waals surface area contributed by atoms with Crippen molar-refractivity contribution in [2.24, 2.45) is 0 Å². The molecule has 0 radical (unpaired) electrons. The predicted molar refractivity (Wildman–Crippen MR) is 135 cm³/mol. The molecule has 3 amide bonds. The van der Waals surface area contributed by atoms with Crippen LogP contribution in [-0.4, -0.2) is 48.8 Å². The summed E-state index contributed by atoms with van der Waals surface area (Å²) in [4.78, 5) is 39.0. The van der Waals surface area contributed by atoms with Gasteiger partial charge in [-0.15, -0.1) is 0 Å². The number of nitrogens with one attached hydrogen (secondary N) is 1. The Morgan fingerprint density at radius 2 is 1.91 bits per heavy atom. The van der Waals surface area contributed by atoms with Crippen molar-refractivity contribution in [3.63, 3.8) is 0 Å². The highest BCUT2D eigenvalue weighted by atomic mass is 79.9. The number of nitrogens with zero attached hydrogens (tertiary/aromatic N) is 1. The molecule has 0 saturated carbocycles. The average molecular weight is 549 g/mol. The summed E-state index contributed by atoms with van der Waals surface area (Å²) in [7, 11) is 1.49. The molecule has 0 unspecified atom stereocenters. The fourth-order valence-electron chi connectivity index (χ4n) is 3.15. The number of imide groups is 1. The number of hydrogen-bond acceptors (Lipinski definition) is 7. The number of rotatable bonds is 10. The summed E-state index contributed by atoms with van der Waals surface area (Å²) in [6.07, 6.45) is 2.44. The molecule has 180 valence electrons. The maximum absolute atomic E-state index is 12.9. The fraction of sp³-hybridized carbons (Fsp3) is 0.292. The monoisotopic (exact) mass is 548 g/mol. The lowest BCUT2D eigenvalue weighted by molar-refractivity contribution is -0.127. The van der Waals surface area contributed by atoms with E-state index in [9.17, 15) is 14.4 Å². The van der Waals surface area contributed by atoms with Crippen LogP contribution in [0.3, 0.4) is 0 Å². The third-order valence-electron chi connectivity index (χ3n) is 4.64. The summed E-state index contributed by atoms with van der Waals surface area (Å²) >= 11 is 4.28. The molecule has 2 aromatic rings. The second-order valence-corrected chi connectivity index (χ2v) is 8.98. The van der Waals surface area contributed by atoms with Crippen LogP contribution in [0.1, 0.15) is 25.8 Å². The molecule has 1 heterocycles. The van der Waals surface area contributed by atoms with E-state index in [1.807, 2.05) is 13.8 Å². The largest absolute Gasteiger partial charge is 0.495 e. The number of hydrogen-bond donors (Lipinski definition) is 1. The SMILES string of the molecule is CCCOc1c(Br)cc(/C=C2\SC(=O)N(CC(=O)Nc3ccccc3OC)C2=O)cc1OCC.